The number of nitrogens with zero attached hydrogens (tertiary/aromatic N) is 4. The maximum Gasteiger partial charge on any atom is 0.418 e. The number of esters is 2. The van der Waals surface area contributed by atoms with E-state index in [2.05, 4.69) is 37.5 Å². The molecule has 4 fully saturated rings. The van der Waals surface area contributed by atoms with Crippen LogP contribution in [0.2, 0.25) is 0 Å². The quantitative estimate of drug-likeness (QED) is 0.0483. The summed E-state index contributed by atoms with van der Waals surface area (Å²) in [6.45, 7) is 21.3. The lowest BCUT2D eigenvalue weighted by Gasteiger charge is -2.40. The van der Waals surface area contributed by atoms with Crippen molar-refractivity contribution >= 4 is 23.8 Å². The Morgan fingerprint density at radius 2 is 0.821 bits per heavy atom. The van der Waals surface area contributed by atoms with E-state index >= 15 is 9.59 Å². The van der Waals surface area contributed by atoms with Gasteiger partial charge in [-0.3, -0.25) is 9.59 Å². The largest absolute Gasteiger partial charge is 0.493 e. The zero-order valence-electron chi connectivity index (χ0n) is 50.3. The molecule has 0 N–H and O–H groups in total. The molecule has 4 aliphatic heterocycles. The molecule has 4 aromatic rings. The lowest BCUT2D eigenvalue weighted by atomic mass is 9.99. The van der Waals surface area contributed by atoms with Gasteiger partial charge in [0, 0.05) is 88.4 Å². The van der Waals surface area contributed by atoms with Crippen LogP contribution in [0.1, 0.15) is 141 Å². The predicted octanol–water partition coefficient (Wildman–Crippen LogP) is 10.7. The number of carbonyl (C=O) groups is 4. The minimum atomic E-state index is -1.66. The van der Waals surface area contributed by atoms with E-state index < -0.39 is 47.6 Å². The topological polar surface area (TPSA) is 155 Å². The zero-order valence-corrected chi connectivity index (χ0v) is 50.3. The van der Waals surface area contributed by atoms with Gasteiger partial charge in [0.25, 0.3) is 11.8 Å². The van der Waals surface area contributed by atoms with Crippen LogP contribution in [0, 0.1) is 23.5 Å². The van der Waals surface area contributed by atoms with Crippen LogP contribution in [-0.2, 0) is 60.7 Å². The van der Waals surface area contributed by atoms with E-state index in [1.54, 1.807) is 82.6 Å². The van der Waals surface area contributed by atoms with Crippen molar-refractivity contribution in [1.82, 2.24) is 19.6 Å². The Morgan fingerprint density at radius 1 is 0.500 bits per heavy atom. The number of amides is 2. The molecule has 6 unspecified atom stereocenters. The average molecular weight is 1170 g/mol. The summed E-state index contributed by atoms with van der Waals surface area (Å²) in [4.78, 5) is 68.2. The first kappa shape index (κ1) is 64.0. The van der Waals surface area contributed by atoms with E-state index in [-0.39, 0.29) is 85.1 Å². The summed E-state index contributed by atoms with van der Waals surface area (Å²) >= 11 is 0. The molecule has 4 aliphatic rings. The third-order valence-corrected chi connectivity index (χ3v) is 15.9. The highest BCUT2D eigenvalue weighted by Gasteiger charge is 2.41. The summed E-state index contributed by atoms with van der Waals surface area (Å²) < 4.78 is 77.1. The molecule has 0 saturated carbocycles. The van der Waals surface area contributed by atoms with Gasteiger partial charge in [-0.2, -0.15) is 0 Å². The fraction of sp³-hybridized carbons (Fsp3) is 0.576. The Hall–Kier alpha value is -6.02. The molecule has 16 nitrogen and oxygen atoms in total. The van der Waals surface area contributed by atoms with Crippen LogP contribution in [-0.4, -0.2) is 145 Å². The van der Waals surface area contributed by atoms with Crippen LogP contribution < -0.4 is 9.47 Å². The average Bonchev–Trinajstić information content (AvgIpc) is 3.64. The van der Waals surface area contributed by atoms with E-state index in [0.717, 1.165) is 25.9 Å². The molecule has 0 aromatic heterocycles. The molecule has 0 bridgehead atoms. The number of halogens is 2. The molecule has 458 valence electrons. The highest BCUT2D eigenvalue weighted by molar-refractivity contribution is 6.30. The molecule has 18 heteroatoms. The van der Waals surface area contributed by atoms with Crippen LogP contribution >= 0.6 is 0 Å². The van der Waals surface area contributed by atoms with Crippen molar-refractivity contribution in [3.8, 4) is 11.5 Å². The van der Waals surface area contributed by atoms with Crippen LogP contribution in [0.4, 0.5) is 8.78 Å². The Labute approximate surface area is 495 Å². The summed E-state index contributed by atoms with van der Waals surface area (Å²) in [6, 6.07) is 24.3. The second kappa shape index (κ2) is 30.9. The maximum atomic E-state index is 15.5. The summed E-state index contributed by atoms with van der Waals surface area (Å²) in [6.07, 6.45) is 1.78. The monoisotopic (exact) mass is 1170 g/mol. The number of hydrogen-bond donors (Lipinski definition) is 0. The first-order valence-electron chi connectivity index (χ1n) is 30.4. The second-order valence-electron chi connectivity index (χ2n) is 24.1. The molecule has 0 radical (unpaired) electrons. The van der Waals surface area contributed by atoms with Gasteiger partial charge in [-0.25, -0.2) is 18.4 Å². The van der Waals surface area contributed by atoms with Crippen molar-refractivity contribution in [2.45, 2.75) is 181 Å². The third-order valence-electron chi connectivity index (χ3n) is 15.9. The van der Waals surface area contributed by atoms with Crippen molar-refractivity contribution in [3.63, 3.8) is 0 Å². The summed E-state index contributed by atoms with van der Waals surface area (Å²) in [5.74, 6) is -3.56. The van der Waals surface area contributed by atoms with Crippen LogP contribution in [0.25, 0.3) is 0 Å². The number of ether oxygens (including phenoxy) is 8. The van der Waals surface area contributed by atoms with E-state index in [0.29, 0.717) is 101 Å². The Morgan fingerprint density at radius 3 is 1.13 bits per heavy atom. The second-order valence-corrected chi connectivity index (χ2v) is 24.1. The van der Waals surface area contributed by atoms with Crippen LogP contribution in [0.3, 0.4) is 0 Å². The number of benzene rings is 4. The van der Waals surface area contributed by atoms with Gasteiger partial charge in [0.05, 0.1) is 37.6 Å². The smallest absolute Gasteiger partial charge is 0.418 e. The van der Waals surface area contributed by atoms with E-state index in [1.165, 1.54) is 24.3 Å². The van der Waals surface area contributed by atoms with Gasteiger partial charge < -0.3 is 57.5 Å². The fourth-order valence-corrected chi connectivity index (χ4v) is 11.5. The lowest BCUT2D eigenvalue weighted by Crippen LogP contribution is -2.50. The van der Waals surface area contributed by atoms with Gasteiger partial charge in [0.1, 0.15) is 23.1 Å². The van der Waals surface area contributed by atoms with Gasteiger partial charge in [0.2, 0.25) is 12.2 Å². The molecule has 0 spiro atoms. The van der Waals surface area contributed by atoms with Crippen LogP contribution in [0.15, 0.2) is 97.1 Å². The number of rotatable bonds is 24. The van der Waals surface area contributed by atoms with Gasteiger partial charge in [-0.05, 0) is 138 Å². The Kier molecular flexibility index (Phi) is 23.5. The minimum Gasteiger partial charge on any atom is -0.493 e. The normalized spacial score (nSPS) is 22.7. The summed E-state index contributed by atoms with van der Waals surface area (Å²) in [5.41, 5.74) is 1.82. The molecular weight excluding hydrogens is 1080 g/mol. The van der Waals surface area contributed by atoms with Gasteiger partial charge >= 0.3 is 11.9 Å². The number of hydrogen-bond acceptors (Lipinski definition) is 14. The highest BCUT2D eigenvalue weighted by Crippen LogP contribution is 2.33. The van der Waals surface area contributed by atoms with E-state index in [1.807, 2.05) is 27.7 Å². The summed E-state index contributed by atoms with van der Waals surface area (Å²) in [7, 11) is 0. The molecule has 2 amide bonds. The van der Waals surface area contributed by atoms with E-state index in [9.17, 15) is 18.4 Å². The standard InChI is InChI=1S/C66H88F2N4O12/c1-43(2)41-77-57-21-13-51(14-22-57)61(63(73)71(39-49-9-17-53(67)18-10-49)55-25-31-69(32-26-55)35-29-59-79-45(5)37-46(6)80-59)83-65(75)66(76)84-62(52-15-23-58(24-16-52)78-42-44(3)4)64(74)72(40-50-11-19-54(68)20-12-50)56-27-33-70(34-28-56)36-30-60-81-47(7)38-48(8)82-60/h9-24,43-48,55-56,59-62H,25-42H2,1-8H3. The fourth-order valence-electron chi connectivity index (χ4n) is 11.5. The SMILES string of the molecule is CC(C)COc1ccc(C(OC(=O)C(=O)OC(C(=O)N(Cc2ccc(F)cc2)C2CCN(CCC3OC(C)CC(C)O3)CC2)c2ccc(OCC(C)C)cc2)C(=O)N(Cc2ccc(F)cc2)C2CCN(CCC3OC(C)CC(C)O3)CC2)cc1. The Balaban J connectivity index is 1.05. The molecule has 4 aromatic carbocycles. The minimum absolute atomic E-state index is 0.0512. The Bertz CT molecular complexity index is 2500. The van der Waals surface area contributed by atoms with Gasteiger partial charge in [-0.15, -0.1) is 0 Å². The number of piperidine rings is 2. The molecule has 6 atom stereocenters. The lowest BCUT2D eigenvalue weighted by molar-refractivity contribution is -0.237. The van der Waals surface area contributed by atoms with Crippen LogP contribution in [0.5, 0.6) is 11.5 Å². The predicted molar refractivity (Wildman–Crippen MR) is 312 cm³/mol. The molecule has 84 heavy (non-hydrogen) atoms. The van der Waals surface area contributed by atoms with Gasteiger partial charge in [-0.1, -0.05) is 76.2 Å². The van der Waals surface area contributed by atoms with Crippen molar-refractivity contribution in [1.29, 1.82) is 0 Å². The zero-order chi connectivity index (χ0) is 59.9. The molecule has 8 rings (SSSR count). The maximum absolute atomic E-state index is 15.5. The van der Waals surface area contributed by atoms with Crippen molar-refractivity contribution in [2.24, 2.45) is 11.8 Å². The van der Waals surface area contributed by atoms with Crippen molar-refractivity contribution in [2.75, 3.05) is 52.5 Å². The molecule has 4 saturated heterocycles. The van der Waals surface area contributed by atoms with Crippen molar-refractivity contribution in [3.05, 3.63) is 131 Å². The third kappa shape index (κ3) is 19.0. The van der Waals surface area contributed by atoms with Crippen molar-refractivity contribution < 1.29 is 65.9 Å². The van der Waals surface area contributed by atoms with E-state index in [4.69, 9.17) is 37.9 Å². The van der Waals surface area contributed by atoms with Gasteiger partial charge in [0.15, 0.2) is 12.6 Å². The molecule has 4 heterocycles. The first-order valence-corrected chi connectivity index (χ1v) is 30.4. The molecule has 0 aliphatic carbocycles. The number of carbonyl (C=O) groups excluding carboxylic acids is 4. The highest BCUT2D eigenvalue weighted by atomic mass is 19.1. The summed E-state index contributed by atoms with van der Waals surface area (Å²) in [5, 5.41) is 0. The molecular formula is C66H88F2N4O12. The first-order chi connectivity index (χ1) is 40.3. The number of likely N-dealkylation sites (tertiary alicyclic amines) is 2.